The lowest BCUT2D eigenvalue weighted by atomic mass is 9.90. The molecule has 0 bridgehead atoms. The molecular weight excluding hydrogens is 1570 g/mol. The molecule has 0 saturated carbocycles. The largest absolute Gasteiger partial charge is 0.364 e. The van der Waals surface area contributed by atoms with Crippen LogP contribution >= 0.6 is 0 Å². The highest BCUT2D eigenvalue weighted by Gasteiger charge is 2.44. The number of nitrogens with one attached hydrogen (secondary N) is 2. The second-order valence-electron chi connectivity index (χ2n) is 25.3. The Labute approximate surface area is 595 Å². The van der Waals surface area contributed by atoms with E-state index in [4.69, 9.17) is 0 Å². The van der Waals surface area contributed by atoms with Crippen LogP contribution < -0.4 is 0 Å². The van der Waals surface area contributed by atoms with Gasteiger partial charge >= 0.3 is 0 Å². The summed E-state index contributed by atoms with van der Waals surface area (Å²) in [6.07, 6.45) is 1.88. The monoisotopic (exact) mass is 1590 g/mol. The van der Waals surface area contributed by atoms with Gasteiger partial charge in [-0.3, -0.25) is 17.6 Å². The number of rotatable bonds is 10. The van der Waals surface area contributed by atoms with Gasteiger partial charge in [0.25, 0.3) is 0 Å². The average Bonchev–Trinajstić information content (AvgIpc) is 1.52. The molecule has 0 radical (unpaired) electrons. The first-order valence-electron chi connectivity index (χ1n) is 31.3. The predicted molar refractivity (Wildman–Crippen MR) is 329 cm³/mol. The second kappa shape index (κ2) is 23.7. The fourth-order valence-corrected chi connectivity index (χ4v) is 15.2. The van der Waals surface area contributed by atoms with Gasteiger partial charge in [-0.2, -0.15) is 0 Å². The van der Waals surface area contributed by atoms with E-state index in [0.717, 1.165) is 36.7 Å². The number of benzene rings is 6. The van der Waals surface area contributed by atoms with Gasteiger partial charge in [-0.1, -0.05) is 0 Å². The van der Waals surface area contributed by atoms with Gasteiger partial charge < -0.3 is 9.97 Å². The third-order valence-corrected chi connectivity index (χ3v) is 19.8. The molecule has 0 fully saturated rings. The maximum absolute atomic E-state index is 17.2. The van der Waals surface area contributed by atoms with Crippen LogP contribution in [0.5, 0.6) is 0 Å². The molecule has 4 aliphatic heterocycles. The highest BCUT2D eigenvalue weighted by molar-refractivity contribution is 6.13. The normalized spacial score (nSPS) is 13.3. The Hall–Kier alpha value is -13.1. The molecule has 0 aliphatic carbocycles. The van der Waals surface area contributed by atoms with Crippen molar-refractivity contribution >= 4 is 44.1 Å². The molecule has 2 N–H and O–H groups in total. The lowest BCUT2D eigenvalue weighted by Crippen LogP contribution is -2.16. The van der Waals surface area contributed by atoms with Gasteiger partial charge in [0, 0.05) is 90.4 Å². The van der Waals surface area contributed by atoms with E-state index in [1.54, 1.807) is 0 Å². The quantitative estimate of drug-likeness (QED) is 0.0813. The van der Waals surface area contributed by atoms with Crippen LogP contribution in [0.3, 0.4) is 0 Å². The van der Waals surface area contributed by atoms with Crippen molar-refractivity contribution < 1.29 is 132 Å². The Bertz CT molecular complexity index is 6680. The maximum Gasteiger partial charge on any atom is 0.200 e. The molecule has 8 aromatic heterocycles. The summed E-state index contributed by atoms with van der Waals surface area (Å²) in [4.78, 5) is 13.9. The first kappa shape index (κ1) is 70.6. The van der Waals surface area contributed by atoms with Crippen LogP contribution in [0.1, 0.15) is 45.7 Å². The molecule has 14 aromatic rings. The van der Waals surface area contributed by atoms with Crippen molar-refractivity contribution in [2.75, 3.05) is 0 Å². The lowest BCUT2D eigenvalue weighted by Gasteiger charge is -2.20. The van der Waals surface area contributed by atoms with Crippen molar-refractivity contribution in [2.45, 2.75) is 11.8 Å². The van der Waals surface area contributed by atoms with E-state index in [-0.39, 0.29) is 0 Å². The zero-order valence-electron chi connectivity index (χ0n) is 53.3. The molecule has 2 atom stereocenters. The standard InChI is InChI=1S/C74H18F30N8/c75-41-35(42(76)54(88)65(99)53(41)87)29-15-11-21(107-71(15)111-27(33(19-3-1-9-105-19)39-49(83)61(95)69(103)62(96)50(39)84)13-17-31(25-7-5-23(29)109(25)73(17)111)37-45(79)57(91)67(101)58(92)46(37)80)22-12-16-30(36-43(77)55(89)66(100)56(90)44(36)78)24-6-8-26-32(38-47(81)59(93)68(102)60(94)48(38)82)18-14-28(112(72(16)108-22)74(18)110(24)26)34(20-4-2-10-106-20)40-51(85)63(97)70(104)64(98)52(40)86/h1-14,33-34,105-106H/b22-21+. The van der Waals surface area contributed by atoms with Crippen LogP contribution in [0.25, 0.3) is 111 Å². The fourth-order valence-electron chi connectivity index (χ4n) is 15.2. The highest BCUT2D eigenvalue weighted by atomic mass is 19.2. The Kier molecular flexibility index (Phi) is 15.0. The molecule has 0 spiro atoms. The summed E-state index contributed by atoms with van der Waals surface area (Å²) in [5.41, 5.74) is -29.2. The molecule has 38 heteroatoms. The number of halogens is 30. The van der Waals surface area contributed by atoms with E-state index >= 15 is 123 Å². The number of hydrogen-bond donors (Lipinski definition) is 2. The lowest BCUT2D eigenvalue weighted by molar-refractivity contribution is 0.368. The van der Waals surface area contributed by atoms with Gasteiger partial charge in [-0.25, -0.2) is 142 Å². The van der Waals surface area contributed by atoms with Crippen molar-refractivity contribution in [3.63, 3.8) is 0 Å². The molecule has 2 unspecified atom stereocenters. The molecule has 112 heavy (non-hydrogen) atoms. The summed E-state index contributed by atoms with van der Waals surface area (Å²) in [7, 11) is 0. The minimum Gasteiger partial charge on any atom is -0.364 e. The van der Waals surface area contributed by atoms with E-state index in [1.165, 1.54) is 0 Å². The number of H-pyrrole nitrogens is 2. The summed E-state index contributed by atoms with van der Waals surface area (Å²) in [5, 5.41) is -4.27. The van der Waals surface area contributed by atoms with Crippen molar-refractivity contribution in [3.8, 4) is 67.3 Å². The summed E-state index contributed by atoms with van der Waals surface area (Å²) in [5.74, 6) is -90.8. The zero-order chi connectivity index (χ0) is 79.7. The third kappa shape index (κ3) is 8.77. The van der Waals surface area contributed by atoms with Gasteiger partial charge in [-0.15, -0.1) is 0 Å². The highest BCUT2D eigenvalue weighted by Crippen LogP contribution is 2.55. The van der Waals surface area contributed by atoms with Crippen molar-refractivity contribution in [2.24, 2.45) is 0 Å². The SMILES string of the molecule is Fc1c(F)c(F)c(-c2c3c/c(=c4/cc5c(-c6c(F)c(F)c(F)c(F)c6F)c6ccc7c(-c8c(F)c(F)c(F)c(F)c8F)c8cc(C(c9ccc[nH]9)c9c(F)c(F)c(F)c(F)c9F)n(c-5n4)c8n67)nc-3n3c(C(c4ccc[nH]4)c4c(F)c(F)c(F)c(F)c4F)cc4c(-c5c(F)c(F)c(F)c(F)c5F)c5ccc2n5c43)c(F)c1F. The van der Waals surface area contributed by atoms with E-state index in [1.807, 2.05) is 0 Å². The molecular formula is C74H18F30N8. The van der Waals surface area contributed by atoms with Crippen LogP contribution in [0.4, 0.5) is 132 Å². The Morgan fingerprint density at radius 3 is 0.723 bits per heavy atom. The number of fused-ring (bicyclic) bond motifs is 4. The van der Waals surface area contributed by atoms with Gasteiger partial charge in [0.1, 0.15) is 22.9 Å². The van der Waals surface area contributed by atoms with Crippen LogP contribution in [-0.2, 0) is 0 Å². The fraction of sp³-hybridized carbons (Fsp3) is 0.0270. The molecule has 18 rings (SSSR count). The van der Waals surface area contributed by atoms with Crippen molar-refractivity contribution in [1.29, 1.82) is 0 Å². The summed E-state index contributed by atoms with van der Waals surface area (Å²) >= 11 is 0. The Morgan fingerprint density at radius 1 is 0.241 bits per heavy atom. The van der Waals surface area contributed by atoms with E-state index < -0.39 is 342 Å². The minimum atomic E-state index is -2.89. The molecule has 4 aliphatic rings. The van der Waals surface area contributed by atoms with Crippen molar-refractivity contribution in [3.05, 3.63) is 304 Å². The predicted octanol–water partition coefficient (Wildman–Crippen LogP) is 21.5. The number of aromatic amines is 2. The zero-order valence-corrected chi connectivity index (χ0v) is 53.3. The third-order valence-electron chi connectivity index (χ3n) is 19.8. The first-order valence-corrected chi connectivity index (χ1v) is 31.3. The molecule has 0 saturated heterocycles. The van der Waals surface area contributed by atoms with Gasteiger partial charge in [0.2, 0.25) is 34.9 Å². The van der Waals surface area contributed by atoms with E-state index in [2.05, 4.69) is 19.9 Å². The van der Waals surface area contributed by atoms with Crippen LogP contribution in [0.2, 0.25) is 0 Å². The Balaban J connectivity index is 1.12. The number of aromatic nitrogens is 8. The van der Waals surface area contributed by atoms with Crippen molar-refractivity contribution in [1.82, 2.24) is 37.5 Å². The van der Waals surface area contributed by atoms with Crippen LogP contribution in [-0.4, -0.2) is 37.5 Å². The molecule has 564 valence electrons. The molecule has 0 amide bonds. The number of hydrogen-bond acceptors (Lipinski definition) is 2. The second-order valence-corrected chi connectivity index (χ2v) is 25.3. The maximum atomic E-state index is 17.2. The van der Waals surface area contributed by atoms with E-state index in [0.29, 0.717) is 66.1 Å². The minimum absolute atomic E-state index is 0.441. The van der Waals surface area contributed by atoms with Gasteiger partial charge in [0.15, 0.2) is 140 Å². The smallest absolute Gasteiger partial charge is 0.200 e. The molecule has 6 aromatic carbocycles. The van der Waals surface area contributed by atoms with Gasteiger partial charge in [0.05, 0.1) is 66.9 Å². The van der Waals surface area contributed by atoms with E-state index in [9.17, 15) is 8.78 Å². The topological polar surface area (TPSA) is 75.0 Å². The summed E-state index contributed by atoms with van der Waals surface area (Å²) in [6.45, 7) is 0. The van der Waals surface area contributed by atoms with Crippen LogP contribution in [0.15, 0.2) is 85.2 Å². The summed E-state index contributed by atoms with van der Waals surface area (Å²) in [6, 6.07) is 8.38. The van der Waals surface area contributed by atoms with Gasteiger partial charge in [-0.05, 0) is 72.8 Å². The Morgan fingerprint density at radius 2 is 0.473 bits per heavy atom. The molecule has 12 heterocycles. The number of nitrogens with zero attached hydrogens (tertiary/aromatic N) is 6. The molecule has 8 nitrogen and oxygen atoms in total. The van der Waals surface area contributed by atoms with Crippen LogP contribution in [0, 0.1) is 185 Å². The first-order chi connectivity index (χ1) is 53.2. The summed E-state index contributed by atoms with van der Waals surface area (Å²) < 4.78 is 486. The average molecular weight is 1590 g/mol.